The van der Waals surface area contributed by atoms with Crippen LogP contribution in [0.3, 0.4) is 0 Å². The van der Waals surface area contributed by atoms with Gasteiger partial charge in [-0.1, -0.05) is 39.5 Å². The highest BCUT2D eigenvalue weighted by atomic mass is 16.5. The van der Waals surface area contributed by atoms with Gasteiger partial charge in [-0.25, -0.2) is 0 Å². The number of esters is 1. The largest absolute Gasteiger partial charge is 0.465 e. The van der Waals surface area contributed by atoms with Gasteiger partial charge in [0.15, 0.2) is 0 Å². The second kappa shape index (κ2) is 11.5. The van der Waals surface area contributed by atoms with E-state index in [2.05, 4.69) is 19.2 Å². The molecule has 0 aliphatic carbocycles. The molecule has 0 atom stereocenters. The summed E-state index contributed by atoms with van der Waals surface area (Å²) in [6.45, 7) is 6.08. The van der Waals surface area contributed by atoms with Gasteiger partial charge in [-0.15, -0.1) is 0 Å². The van der Waals surface area contributed by atoms with Crippen LogP contribution in [0.1, 0.15) is 52.4 Å². The van der Waals surface area contributed by atoms with Crippen molar-refractivity contribution in [1.82, 2.24) is 5.32 Å². The molecule has 0 amide bonds. The van der Waals surface area contributed by atoms with Crippen molar-refractivity contribution in [1.29, 1.82) is 0 Å². The van der Waals surface area contributed by atoms with Gasteiger partial charge in [0.05, 0.1) is 13.2 Å². The minimum Gasteiger partial charge on any atom is -0.465 e. The zero-order valence-corrected chi connectivity index (χ0v) is 10.2. The highest BCUT2D eigenvalue weighted by molar-refractivity contribution is 5.71. The number of unbranched alkanes of at least 4 members (excludes halogenated alkanes) is 4. The molecule has 0 bridgehead atoms. The molecule has 3 nitrogen and oxygen atoms in total. The van der Waals surface area contributed by atoms with Crippen LogP contribution >= 0.6 is 0 Å². The quantitative estimate of drug-likeness (QED) is 0.449. The smallest absolute Gasteiger partial charge is 0.319 e. The summed E-state index contributed by atoms with van der Waals surface area (Å²) in [5, 5.41) is 3.02. The van der Waals surface area contributed by atoms with Gasteiger partial charge in [0.1, 0.15) is 0 Å². The van der Waals surface area contributed by atoms with E-state index in [0.29, 0.717) is 13.2 Å². The van der Waals surface area contributed by atoms with Gasteiger partial charge in [0.2, 0.25) is 0 Å². The molecule has 0 saturated carbocycles. The molecule has 90 valence electrons. The molecule has 1 N–H and O–H groups in total. The van der Waals surface area contributed by atoms with Gasteiger partial charge in [-0.3, -0.25) is 4.79 Å². The average molecular weight is 215 g/mol. The molecular weight excluding hydrogens is 190 g/mol. The highest BCUT2D eigenvalue weighted by Gasteiger charge is 2.00. The number of hydrogen-bond acceptors (Lipinski definition) is 3. The molecule has 0 unspecified atom stereocenters. The first-order valence-corrected chi connectivity index (χ1v) is 6.17. The predicted octanol–water partition coefficient (Wildman–Crippen LogP) is 2.50. The van der Waals surface area contributed by atoms with E-state index in [9.17, 15) is 4.79 Å². The van der Waals surface area contributed by atoms with Crippen molar-refractivity contribution in [2.24, 2.45) is 0 Å². The lowest BCUT2D eigenvalue weighted by molar-refractivity contribution is -0.142. The van der Waals surface area contributed by atoms with Crippen molar-refractivity contribution in [3.8, 4) is 0 Å². The van der Waals surface area contributed by atoms with E-state index in [4.69, 9.17) is 4.74 Å². The van der Waals surface area contributed by atoms with Crippen LogP contribution < -0.4 is 5.32 Å². The molecule has 0 aromatic rings. The molecular formula is C12H25NO2. The molecule has 0 radical (unpaired) electrons. The number of carbonyl (C=O) groups is 1. The van der Waals surface area contributed by atoms with E-state index < -0.39 is 0 Å². The van der Waals surface area contributed by atoms with E-state index in [-0.39, 0.29) is 5.97 Å². The molecule has 0 rings (SSSR count). The molecule has 0 aromatic carbocycles. The lowest BCUT2D eigenvalue weighted by atomic mass is 10.2. The summed E-state index contributed by atoms with van der Waals surface area (Å²) >= 11 is 0. The van der Waals surface area contributed by atoms with Crippen LogP contribution in [0.2, 0.25) is 0 Å². The number of nitrogens with one attached hydrogen (secondary N) is 1. The summed E-state index contributed by atoms with van der Waals surface area (Å²) < 4.78 is 5.07. The standard InChI is InChI=1S/C12H25NO2/c1-3-5-6-7-8-10-15-12(14)11-13-9-4-2/h13H,3-11H2,1-2H3. The Hall–Kier alpha value is -0.570. The topological polar surface area (TPSA) is 38.3 Å². The molecule has 0 spiro atoms. The van der Waals surface area contributed by atoms with Crippen molar-refractivity contribution < 1.29 is 9.53 Å². The van der Waals surface area contributed by atoms with Crippen LogP contribution in [0, 0.1) is 0 Å². The minimum absolute atomic E-state index is 0.126. The molecule has 0 saturated heterocycles. The van der Waals surface area contributed by atoms with Gasteiger partial charge in [0, 0.05) is 0 Å². The van der Waals surface area contributed by atoms with Crippen LogP contribution in [-0.2, 0) is 9.53 Å². The van der Waals surface area contributed by atoms with Crippen molar-refractivity contribution in [3.63, 3.8) is 0 Å². The molecule has 3 heteroatoms. The maximum atomic E-state index is 11.1. The van der Waals surface area contributed by atoms with Crippen molar-refractivity contribution in [2.75, 3.05) is 19.7 Å². The van der Waals surface area contributed by atoms with E-state index in [1.807, 2.05) is 0 Å². The third kappa shape index (κ3) is 11.4. The molecule has 0 fully saturated rings. The highest BCUT2D eigenvalue weighted by Crippen LogP contribution is 2.02. The molecule has 0 heterocycles. The maximum Gasteiger partial charge on any atom is 0.319 e. The van der Waals surface area contributed by atoms with Gasteiger partial charge in [-0.2, -0.15) is 0 Å². The summed E-state index contributed by atoms with van der Waals surface area (Å²) in [5.74, 6) is -0.126. The van der Waals surface area contributed by atoms with Gasteiger partial charge < -0.3 is 10.1 Å². The Bertz CT molecular complexity index is 149. The van der Waals surface area contributed by atoms with Crippen LogP contribution in [0.15, 0.2) is 0 Å². The van der Waals surface area contributed by atoms with Gasteiger partial charge >= 0.3 is 5.97 Å². The zero-order valence-electron chi connectivity index (χ0n) is 10.2. The Kier molecular flexibility index (Phi) is 11.1. The summed E-state index contributed by atoms with van der Waals surface area (Å²) in [7, 11) is 0. The first kappa shape index (κ1) is 14.4. The second-order valence-electron chi connectivity index (χ2n) is 3.81. The Morgan fingerprint density at radius 3 is 2.47 bits per heavy atom. The molecule has 0 aliphatic heterocycles. The number of hydrogen-bond donors (Lipinski definition) is 1. The minimum atomic E-state index is -0.126. The third-order valence-electron chi connectivity index (χ3n) is 2.21. The SMILES string of the molecule is CCCCCCCOC(=O)CNCCC. The summed E-state index contributed by atoms with van der Waals surface area (Å²) in [5.41, 5.74) is 0. The van der Waals surface area contributed by atoms with Crippen molar-refractivity contribution >= 4 is 5.97 Å². The number of rotatable bonds is 10. The molecule has 0 aliphatic rings. The second-order valence-corrected chi connectivity index (χ2v) is 3.81. The van der Waals surface area contributed by atoms with E-state index in [1.54, 1.807) is 0 Å². The predicted molar refractivity (Wildman–Crippen MR) is 62.9 cm³/mol. The molecule has 15 heavy (non-hydrogen) atoms. The maximum absolute atomic E-state index is 11.1. The van der Waals surface area contributed by atoms with Gasteiger partial charge in [-0.05, 0) is 19.4 Å². The number of ether oxygens (including phenoxy) is 1. The first-order valence-electron chi connectivity index (χ1n) is 6.17. The fraction of sp³-hybridized carbons (Fsp3) is 0.917. The fourth-order valence-corrected chi connectivity index (χ4v) is 1.31. The van der Waals surface area contributed by atoms with Crippen LogP contribution in [0.5, 0.6) is 0 Å². The Morgan fingerprint density at radius 1 is 1.07 bits per heavy atom. The zero-order chi connectivity index (χ0) is 11.4. The van der Waals surface area contributed by atoms with Crippen LogP contribution in [0.4, 0.5) is 0 Å². The average Bonchev–Trinajstić information content (AvgIpc) is 2.23. The van der Waals surface area contributed by atoms with Gasteiger partial charge in [0.25, 0.3) is 0 Å². The Morgan fingerprint density at radius 2 is 1.80 bits per heavy atom. The summed E-state index contributed by atoms with van der Waals surface area (Å²) in [6.07, 6.45) is 7.00. The normalized spacial score (nSPS) is 10.3. The van der Waals surface area contributed by atoms with E-state index in [0.717, 1.165) is 19.4 Å². The number of carbonyl (C=O) groups excluding carboxylic acids is 1. The molecule has 0 aromatic heterocycles. The Balaban J connectivity index is 3.10. The Labute approximate surface area is 93.6 Å². The monoisotopic (exact) mass is 215 g/mol. The fourth-order valence-electron chi connectivity index (χ4n) is 1.31. The summed E-state index contributed by atoms with van der Waals surface area (Å²) in [6, 6.07) is 0. The van der Waals surface area contributed by atoms with E-state index in [1.165, 1.54) is 25.7 Å². The summed E-state index contributed by atoms with van der Waals surface area (Å²) in [4.78, 5) is 11.1. The van der Waals surface area contributed by atoms with Crippen molar-refractivity contribution in [3.05, 3.63) is 0 Å². The third-order valence-corrected chi connectivity index (χ3v) is 2.21. The lowest BCUT2D eigenvalue weighted by Crippen LogP contribution is -2.25. The van der Waals surface area contributed by atoms with Crippen LogP contribution in [-0.4, -0.2) is 25.7 Å². The lowest BCUT2D eigenvalue weighted by Gasteiger charge is -2.05. The van der Waals surface area contributed by atoms with E-state index >= 15 is 0 Å². The van der Waals surface area contributed by atoms with Crippen LogP contribution in [0.25, 0.3) is 0 Å². The van der Waals surface area contributed by atoms with Crippen molar-refractivity contribution in [2.45, 2.75) is 52.4 Å². The first-order chi connectivity index (χ1) is 7.31.